The van der Waals surface area contributed by atoms with E-state index >= 15 is 0 Å². The second-order valence-corrected chi connectivity index (χ2v) is 27.0. The predicted octanol–water partition coefficient (Wildman–Crippen LogP) is 3.84. The number of anilines is 1. The molecule has 0 saturated carbocycles. The van der Waals surface area contributed by atoms with Gasteiger partial charge in [-0.2, -0.15) is 0 Å². The standard InChI is InChI=1S/C24H28BrN3O4.C20H28BrN3O4.C19H26BrN3O4/c1-15(16-6-8-17(25)9-7-16)27-22(31)20(29)21(30)23(32)28-12-10-24(11-13-28)14-26-19-5-3-2-4-18(19)24;1-13(14-2-4-15(21)5-3-14)23-18(27)16(25)17(26)19(28)24-11-8-20(12-24)6-9-22-10-7-20;1-12(13-2-4-14(20)5-3-13)22-17(26)15(24)16(25)18(27)23-8-6-19(7-9-23)10-21-11-19/h2-9,15,20-21,26,29-30H,10-14H2,1H3,(H,27,31);2-5,13,16-17,22,25-26H,6-12H2,1H3,(H,23,27);2-5,12,15-16,21,24-25H,6-11H2,1H3,(H,22,26)/t15-,20+,21+;13-,16+,17+;12-,15+,16+/m000/s1. The zero-order chi connectivity index (χ0) is 62.8. The molecular formula is C63H82Br3N9O12. The zero-order valence-corrected chi connectivity index (χ0v) is 54.0. The fraction of sp³-hybridized carbons (Fsp3) is 0.524. The smallest absolute Gasteiger partial charge is 0.254 e. The number of para-hydroxylation sites is 1. The molecule has 0 aromatic heterocycles. The summed E-state index contributed by atoms with van der Waals surface area (Å²) in [7, 11) is 0. The summed E-state index contributed by atoms with van der Waals surface area (Å²) in [6.07, 6.45) is -4.55. The molecule has 6 amide bonds. The van der Waals surface area contributed by atoms with E-state index in [1.807, 2.05) is 84.9 Å². The van der Waals surface area contributed by atoms with Crippen molar-refractivity contribution < 1.29 is 59.4 Å². The lowest BCUT2D eigenvalue weighted by Gasteiger charge is -2.48. The Kier molecular flexibility index (Phi) is 23.3. The largest absolute Gasteiger partial charge is 0.384 e. The number of hydrogen-bond donors (Lipinski definition) is 12. The van der Waals surface area contributed by atoms with Gasteiger partial charge in [-0.05, 0) is 154 Å². The molecule has 6 heterocycles. The second kappa shape index (κ2) is 30.0. The Morgan fingerprint density at radius 2 is 0.793 bits per heavy atom. The maximum absolute atomic E-state index is 12.8. The number of halogens is 3. The van der Waals surface area contributed by atoms with Gasteiger partial charge in [0.05, 0.1) is 18.1 Å². The van der Waals surface area contributed by atoms with E-state index in [2.05, 4.69) is 91.8 Å². The van der Waals surface area contributed by atoms with Crippen LogP contribution in [0.2, 0.25) is 0 Å². The number of aliphatic hydroxyl groups is 6. The molecule has 4 aromatic carbocycles. The molecule has 0 unspecified atom stereocenters. The van der Waals surface area contributed by atoms with Crippen LogP contribution in [0.4, 0.5) is 5.69 Å². The molecule has 5 fully saturated rings. The number of aliphatic hydroxyl groups excluding tert-OH is 6. The molecule has 472 valence electrons. The molecule has 0 bridgehead atoms. The number of piperidine rings is 3. The Morgan fingerprint density at radius 3 is 1.18 bits per heavy atom. The monoisotopic (exact) mass is 1390 g/mol. The van der Waals surface area contributed by atoms with Gasteiger partial charge in [-0.1, -0.05) is 102 Å². The third kappa shape index (κ3) is 16.7. The summed E-state index contributed by atoms with van der Waals surface area (Å²) in [5, 5.41) is 79.6. The van der Waals surface area contributed by atoms with Crippen molar-refractivity contribution in [2.24, 2.45) is 10.8 Å². The summed E-state index contributed by atoms with van der Waals surface area (Å²) in [4.78, 5) is 79.6. The van der Waals surface area contributed by atoms with E-state index in [1.54, 1.807) is 35.5 Å². The first kappa shape index (κ1) is 67.5. The molecule has 21 nitrogen and oxygen atoms in total. The van der Waals surface area contributed by atoms with Gasteiger partial charge in [-0.3, -0.25) is 28.8 Å². The lowest BCUT2D eigenvalue weighted by atomic mass is 9.73. The number of nitrogens with one attached hydrogen (secondary N) is 6. The molecule has 5 saturated heterocycles. The molecule has 24 heteroatoms. The first-order chi connectivity index (χ1) is 41.4. The van der Waals surface area contributed by atoms with Crippen LogP contribution in [-0.2, 0) is 34.2 Å². The van der Waals surface area contributed by atoms with E-state index in [-0.39, 0.29) is 34.4 Å². The molecule has 6 aliphatic rings. The Hall–Kier alpha value is -5.38. The van der Waals surface area contributed by atoms with Gasteiger partial charge in [0.25, 0.3) is 35.4 Å². The highest BCUT2D eigenvalue weighted by molar-refractivity contribution is 9.11. The highest BCUT2D eigenvalue weighted by Gasteiger charge is 2.47. The first-order valence-electron chi connectivity index (χ1n) is 29.8. The SMILES string of the molecule is C[C@H](NC(=O)[C@H](O)[C@@H](O)C(=O)N1CCC2(CC1)CNC2)c1ccc(Br)cc1.C[C@H](NC(=O)[C@H](O)[C@@H](O)C(=O)N1CCC2(CC1)CNc1ccccc12)c1ccc(Br)cc1.C[C@H](NC(=O)[C@H](O)[C@@H](O)C(=O)N1CCC2(CCNCC2)C1)c1ccc(Br)cc1. The zero-order valence-electron chi connectivity index (χ0n) is 49.3. The number of likely N-dealkylation sites (tertiary alicyclic amines) is 3. The highest BCUT2D eigenvalue weighted by Crippen LogP contribution is 2.44. The van der Waals surface area contributed by atoms with E-state index in [1.165, 1.54) is 5.56 Å². The van der Waals surface area contributed by atoms with Crippen LogP contribution >= 0.6 is 47.8 Å². The van der Waals surface area contributed by atoms with Crippen molar-refractivity contribution in [3.05, 3.63) is 133 Å². The van der Waals surface area contributed by atoms with E-state index in [4.69, 9.17) is 0 Å². The number of nitrogens with zero attached hydrogens (tertiary/aromatic N) is 3. The van der Waals surface area contributed by atoms with Gasteiger partial charge in [0, 0.05) is 83.4 Å². The van der Waals surface area contributed by atoms with E-state index in [0.717, 1.165) is 113 Å². The summed E-state index contributed by atoms with van der Waals surface area (Å²) < 4.78 is 2.76. The van der Waals surface area contributed by atoms with E-state index in [0.29, 0.717) is 39.3 Å². The van der Waals surface area contributed by atoms with E-state index in [9.17, 15) is 59.4 Å². The second-order valence-electron chi connectivity index (χ2n) is 24.2. The van der Waals surface area contributed by atoms with Gasteiger partial charge in [0.15, 0.2) is 36.6 Å². The summed E-state index contributed by atoms with van der Waals surface area (Å²) in [5.74, 6) is -4.07. The van der Waals surface area contributed by atoms with E-state index < -0.39 is 72.1 Å². The molecule has 0 aliphatic carbocycles. The average Bonchev–Trinajstić information content (AvgIpc) is 2.95. The minimum atomic E-state index is -1.83. The number of fused-ring (bicyclic) bond motifs is 2. The Labute approximate surface area is 533 Å². The number of carbonyl (C=O) groups is 6. The van der Waals surface area contributed by atoms with Crippen LogP contribution in [0.1, 0.15) is 106 Å². The highest BCUT2D eigenvalue weighted by atomic mass is 79.9. The van der Waals surface area contributed by atoms with Crippen molar-refractivity contribution in [2.45, 2.75) is 126 Å². The summed E-state index contributed by atoms with van der Waals surface area (Å²) in [5.41, 5.74) is 5.33. The van der Waals surface area contributed by atoms with Gasteiger partial charge in [-0.25, -0.2) is 0 Å². The number of benzene rings is 4. The molecule has 4 aromatic rings. The van der Waals surface area contributed by atoms with Crippen LogP contribution in [-0.4, -0.2) is 189 Å². The molecule has 12 N–H and O–H groups in total. The summed E-state index contributed by atoms with van der Waals surface area (Å²) >= 11 is 10.1. The van der Waals surface area contributed by atoms with Crippen LogP contribution in [0.5, 0.6) is 0 Å². The van der Waals surface area contributed by atoms with Crippen LogP contribution in [0.25, 0.3) is 0 Å². The fourth-order valence-electron chi connectivity index (χ4n) is 12.4. The minimum Gasteiger partial charge on any atom is -0.384 e. The lowest BCUT2D eigenvalue weighted by Crippen LogP contribution is -2.60. The van der Waals surface area contributed by atoms with Gasteiger partial charge in [-0.15, -0.1) is 0 Å². The Morgan fingerprint density at radius 1 is 0.437 bits per heavy atom. The van der Waals surface area contributed by atoms with Gasteiger partial charge in [0.1, 0.15) is 0 Å². The molecular weight excluding hydrogens is 1310 g/mol. The van der Waals surface area contributed by atoms with Crippen LogP contribution in [0, 0.1) is 10.8 Å². The summed E-state index contributed by atoms with van der Waals surface area (Å²) in [6, 6.07) is 29.4. The quantitative estimate of drug-likeness (QED) is 0.0805. The average molecular weight is 1400 g/mol. The number of amides is 6. The van der Waals surface area contributed by atoms with Gasteiger partial charge in [0.2, 0.25) is 0 Å². The van der Waals surface area contributed by atoms with Crippen LogP contribution in [0.15, 0.2) is 110 Å². The molecule has 87 heavy (non-hydrogen) atoms. The molecule has 0 radical (unpaired) electrons. The van der Waals surface area contributed by atoms with Gasteiger partial charge >= 0.3 is 0 Å². The first-order valence-corrected chi connectivity index (χ1v) is 32.2. The maximum atomic E-state index is 12.8. The van der Waals surface area contributed by atoms with Gasteiger partial charge < -0.3 is 77.2 Å². The number of hydrogen-bond acceptors (Lipinski definition) is 15. The lowest BCUT2D eigenvalue weighted by molar-refractivity contribution is -0.155. The third-order valence-corrected chi connectivity index (χ3v) is 19.9. The van der Waals surface area contributed by atoms with Crippen molar-refractivity contribution in [1.29, 1.82) is 0 Å². The fourth-order valence-corrected chi connectivity index (χ4v) is 13.2. The van der Waals surface area contributed by atoms with Crippen LogP contribution < -0.4 is 31.9 Å². The molecule has 10 rings (SSSR count). The minimum absolute atomic E-state index is 0.0194. The maximum Gasteiger partial charge on any atom is 0.254 e. The Balaban J connectivity index is 0.000000170. The third-order valence-electron chi connectivity index (χ3n) is 18.3. The normalized spacial score (nSPS) is 21.0. The summed E-state index contributed by atoms with van der Waals surface area (Å²) in [6.45, 7) is 13.1. The Bertz CT molecular complexity index is 3010. The van der Waals surface area contributed by atoms with Crippen molar-refractivity contribution >= 4 is 88.9 Å². The molecule has 3 spiro atoms. The van der Waals surface area contributed by atoms with Crippen molar-refractivity contribution in [1.82, 2.24) is 41.3 Å². The van der Waals surface area contributed by atoms with Crippen LogP contribution in [0.3, 0.4) is 0 Å². The number of carbonyl (C=O) groups excluding carboxylic acids is 6. The van der Waals surface area contributed by atoms with Crippen molar-refractivity contribution in [3.63, 3.8) is 0 Å². The topological polar surface area (TPSA) is 306 Å². The van der Waals surface area contributed by atoms with Crippen molar-refractivity contribution in [2.75, 3.05) is 77.3 Å². The number of rotatable bonds is 15. The molecule has 9 atom stereocenters. The van der Waals surface area contributed by atoms with Crippen molar-refractivity contribution in [3.8, 4) is 0 Å². The predicted molar refractivity (Wildman–Crippen MR) is 337 cm³/mol. The molecule has 6 aliphatic heterocycles.